The molecule has 0 spiro atoms. The van der Waals surface area contributed by atoms with Crippen LogP contribution in [0.4, 0.5) is 5.82 Å². The predicted octanol–water partition coefficient (Wildman–Crippen LogP) is 2.37. The highest BCUT2D eigenvalue weighted by atomic mass is 15.4. The lowest BCUT2D eigenvalue weighted by Crippen LogP contribution is -2.20. The Morgan fingerprint density at radius 1 is 1.22 bits per heavy atom. The first-order chi connectivity index (χ1) is 10.9. The monoisotopic (exact) mass is 313 g/mol. The van der Waals surface area contributed by atoms with Crippen molar-refractivity contribution in [2.45, 2.75) is 39.7 Å². The van der Waals surface area contributed by atoms with E-state index in [1.807, 2.05) is 33.6 Å². The lowest BCUT2D eigenvalue weighted by atomic mass is 9.96. The first-order valence-electron chi connectivity index (χ1n) is 7.88. The van der Waals surface area contributed by atoms with E-state index in [1.165, 1.54) is 0 Å². The quantitative estimate of drug-likeness (QED) is 0.783. The van der Waals surface area contributed by atoms with E-state index in [-0.39, 0.29) is 5.41 Å². The number of nitrogens with zero attached hydrogens (tertiary/aromatic N) is 6. The van der Waals surface area contributed by atoms with Gasteiger partial charge in [-0.25, -0.2) is 0 Å². The third kappa shape index (κ3) is 3.49. The molecule has 1 N–H and O–H groups in total. The van der Waals surface area contributed by atoms with Crippen LogP contribution in [0.15, 0.2) is 30.6 Å². The van der Waals surface area contributed by atoms with Crippen LogP contribution in [-0.4, -0.2) is 36.1 Å². The van der Waals surface area contributed by atoms with Crippen LogP contribution in [0.5, 0.6) is 0 Å². The molecule has 0 fully saturated rings. The average Bonchev–Trinajstić information content (AvgIpc) is 3.12. The second kappa shape index (κ2) is 5.98. The SMILES string of the molecule is CC(CNc1ccc2nnc(C(C)(C)C)n2n1)Cn1cccn1. The Morgan fingerprint density at radius 3 is 2.74 bits per heavy atom. The van der Waals surface area contributed by atoms with Crippen LogP contribution in [0.3, 0.4) is 0 Å². The van der Waals surface area contributed by atoms with Gasteiger partial charge in [-0.3, -0.25) is 4.68 Å². The number of nitrogens with one attached hydrogen (secondary N) is 1. The van der Waals surface area contributed by atoms with Crippen molar-refractivity contribution in [3.05, 3.63) is 36.4 Å². The molecule has 7 heteroatoms. The summed E-state index contributed by atoms with van der Waals surface area (Å²) in [7, 11) is 0. The summed E-state index contributed by atoms with van der Waals surface area (Å²) >= 11 is 0. The van der Waals surface area contributed by atoms with Crippen LogP contribution in [0.2, 0.25) is 0 Å². The molecule has 0 amide bonds. The van der Waals surface area contributed by atoms with Crippen LogP contribution >= 0.6 is 0 Å². The number of rotatable bonds is 5. The van der Waals surface area contributed by atoms with E-state index in [2.05, 4.69) is 53.4 Å². The van der Waals surface area contributed by atoms with Crippen molar-refractivity contribution in [1.82, 2.24) is 29.6 Å². The second-order valence-corrected chi connectivity index (χ2v) is 6.98. The van der Waals surface area contributed by atoms with Gasteiger partial charge in [-0.2, -0.15) is 9.61 Å². The highest BCUT2D eigenvalue weighted by molar-refractivity contribution is 5.44. The Labute approximate surface area is 135 Å². The molecule has 0 aliphatic carbocycles. The third-order valence-electron chi connectivity index (χ3n) is 3.62. The van der Waals surface area contributed by atoms with Gasteiger partial charge in [-0.1, -0.05) is 27.7 Å². The van der Waals surface area contributed by atoms with Gasteiger partial charge in [0.25, 0.3) is 0 Å². The van der Waals surface area contributed by atoms with Gasteiger partial charge in [0.2, 0.25) is 0 Å². The minimum absolute atomic E-state index is 0.0988. The molecule has 1 atom stereocenters. The summed E-state index contributed by atoms with van der Waals surface area (Å²) in [6.45, 7) is 10.2. The van der Waals surface area contributed by atoms with Gasteiger partial charge in [0.05, 0.1) is 0 Å². The maximum absolute atomic E-state index is 4.63. The number of hydrogen-bond acceptors (Lipinski definition) is 5. The molecular formula is C16H23N7. The number of anilines is 1. The van der Waals surface area contributed by atoms with Crippen molar-refractivity contribution in [1.29, 1.82) is 0 Å². The van der Waals surface area contributed by atoms with E-state index >= 15 is 0 Å². The molecular weight excluding hydrogens is 290 g/mol. The topological polar surface area (TPSA) is 72.9 Å². The molecule has 23 heavy (non-hydrogen) atoms. The van der Waals surface area contributed by atoms with Crippen LogP contribution in [-0.2, 0) is 12.0 Å². The molecule has 0 radical (unpaired) electrons. The summed E-state index contributed by atoms with van der Waals surface area (Å²) in [6.07, 6.45) is 3.78. The van der Waals surface area contributed by atoms with E-state index < -0.39 is 0 Å². The van der Waals surface area contributed by atoms with Crippen molar-refractivity contribution in [3.63, 3.8) is 0 Å². The fourth-order valence-corrected chi connectivity index (χ4v) is 2.42. The maximum atomic E-state index is 4.63. The van der Waals surface area contributed by atoms with Crippen molar-refractivity contribution >= 4 is 11.5 Å². The zero-order valence-corrected chi connectivity index (χ0v) is 14.1. The van der Waals surface area contributed by atoms with Crippen LogP contribution in [0.25, 0.3) is 5.65 Å². The number of hydrogen-bond donors (Lipinski definition) is 1. The molecule has 3 heterocycles. The second-order valence-electron chi connectivity index (χ2n) is 6.98. The minimum Gasteiger partial charge on any atom is -0.368 e. The Kier molecular flexibility index (Phi) is 4.02. The number of aromatic nitrogens is 6. The lowest BCUT2D eigenvalue weighted by molar-refractivity contribution is 0.467. The summed E-state index contributed by atoms with van der Waals surface area (Å²) < 4.78 is 3.76. The minimum atomic E-state index is -0.0988. The fraction of sp³-hybridized carbons (Fsp3) is 0.500. The lowest BCUT2D eigenvalue weighted by Gasteiger charge is -2.16. The Morgan fingerprint density at radius 2 is 2.04 bits per heavy atom. The Hall–Kier alpha value is -2.44. The Balaban J connectivity index is 1.70. The summed E-state index contributed by atoms with van der Waals surface area (Å²) in [5.41, 5.74) is 0.670. The van der Waals surface area contributed by atoms with Gasteiger partial charge >= 0.3 is 0 Å². The smallest absolute Gasteiger partial charge is 0.178 e. The normalized spacial score (nSPS) is 13.4. The van der Waals surface area contributed by atoms with Crippen molar-refractivity contribution in [3.8, 4) is 0 Å². The fourth-order valence-electron chi connectivity index (χ4n) is 2.42. The van der Waals surface area contributed by atoms with Crippen molar-refractivity contribution < 1.29 is 0 Å². The largest absolute Gasteiger partial charge is 0.368 e. The standard InChI is InChI=1S/C16H23N7/c1-12(11-22-9-5-8-18-22)10-17-13-6-7-14-19-20-15(16(2,3)4)23(14)21-13/h5-9,12H,10-11H2,1-4H3,(H,17,21). The summed E-state index contributed by atoms with van der Waals surface area (Å²) in [5.74, 6) is 2.13. The zero-order chi connectivity index (χ0) is 16.4. The van der Waals surface area contributed by atoms with Gasteiger partial charge in [0, 0.05) is 30.9 Å². The summed E-state index contributed by atoms with van der Waals surface area (Å²) in [6, 6.07) is 5.82. The molecule has 0 bridgehead atoms. The molecule has 3 rings (SSSR count). The van der Waals surface area contributed by atoms with E-state index in [0.717, 1.165) is 30.4 Å². The van der Waals surface area contributed by atoms with Crippen LogP contribution < -0.4 is 5.32 Å². The van der Waals surface area contributed by atoms with E-state index in [0.29, 0.717) is 5.92 Å². The maximum Gasteiger partial charge on any atom is 0.178 e. The van der Waals surface area contributed by atoms with Gasteiger partial charge in [0.15, 0.2) is 11.5 Å². The summed E-state index contributed by atoms with van der Waals surface area (Å²) in [4.78, 5) is 0. The van der Waals surface area contributed by atoms with Gasteiger partial charge in [-0.15, -0.1) is 15.3 Å². The van der Waals surface area contributed by atoms with Crippen LogP contribution in [0.1, 0.15) is 33.5 Å². The third-order valence-corrected chi connectivity index (χ3v) is 3.62. The first kappa shape index (κ1) is 15.5. The van der Waals surface area contributed by atoms with E-state index in [9.17, 15) is 0 Å². The molecule has 1 unspecified atom stereocenters. The molecule has 3 aromatic heterocycles. The molecule has 0 aliphatic heterocycles. The van der Waals surface area contributed by atoms with Crippen LogP contribution in [0, 0.1) is 5.92 Å². The first-order valence-corrected chi connectivity index (χ1v) is 7.88. The Bertz CT molecular complexity index is 767. The molecule has 0 saturated carbocycles. The highest BCUT2D eigenvalue weighted by Crippen LogP contribution is 2.20. The molecule has 0 saturated heterocycles. The van der Waals surface area contributed by atoms with E-state index in [4.69, 9.17) is 0 Å². The molecule has 0 aliphatic rings. The van der Waals surface area contributed by atoms with Gasteiger partial charge in [0.1, 0.15) is 5.82 Å². The zero-order valence-electron chi connectivity index (χ0n) is 14.1. The van der Waals surface area contributed by atoms with Gasteiger partial charge < -0.3 is 5.32 Å². The molecule has 122 valence electrons. The molecule has 7 nitrogen and oxygen atoms in total. The molecule has 3 aromatic rings. The molecule has 0 aromatic carbocycles. The van der Waals surface area contributed by atoms with Gasteiger partial charge in [-0.05, 0) is 24.1 Å². The predicted molar refractivity (Wildman–Crippen MR) is 89.4 cm³/mol. The van der Waals surface area contributed by atoms with Crippen molar-refractivity contribution in [2.75, 3.05) is 11.9 Å². The number of fused-ring (bicyclic) bond motifs is 1. The van der Waals surface area contributed by atoms with E-state index in [1.54, 1.807) is 6.20 Å². The average molecular weight is 313 g/mol. The highest BCUT2D eigenvalue weighted by Gasteiger charge is 2.21. The van der Waals surface area contributed by atoms with Crippen molar-refractivity contribution in [2.24, 2.45) is 5.92 Å². The summed E-state index contributed by atoms with van der Waals surface area (Å²) in [5, 5.41) is 20.7.